The van der Waals surface area contributed by atoms with Crippen molar-refractivity contribution in [3.63, 3.8) is 0 Å². The number of nitrogens with zero attached hydrogens (tertiary/aromatic N) is 5. The van der Waals surface area contributed by atoms with Gasteiger partial charge in [-0.1, -0.05) is 46.8 Å². The number of hydrogen-bond donors (Lipinski definition) is 1. The van der Waals surface area contributed by atoms with Crippen LogP contribution in [0.2, 0.25) is 18.1 Å². The van der Waals surface area contributed by atoms with Gasteiger partial charge >= 0.3 is 6.09 Å². The number of hydrogen-bond acceptors (Lipinski definition) is 8. The summed E-state index contributed by atoms with van der Waals surface area (Å²) in [5, 5.41) is -0.0429. The topological polar surface area (TPSA) is 104 Å². The van der Waals surface area contributed by atoms with E-state index in [9.17, 15) is 14.0 Å². The summed E-state index contributed by atoms with van der Waals surface area (Å²) in [6.45, 7) is 27.2. The molecule has 0 bridgehead atoms. The Hall–Kier alpha value is -3.06. The number of halogens is 1. The lowest BCUT2D eigenvalue weighted by molar-refractivity contribution is -0.121. The molecule has 52 heavy (non-hydrogen) atoms. The van der Waals surface area contributed by atoms with E-state index in [-0.39, 0.29) is 47.5 Å². The molecule has 3 aliphatic rings. The predicted octanol–water partition coefficient (Wildman–Crippen LogP) is 6.55. The van der Waals surface area contributed by atoms with Crippen molar-refractivity contribution in [2.45, 2.75) is 129 Å². The number of aromatic nitrogens is 1. The summed E-state index contributed by atoms with van der Waals surface area (Å²) in [4.78, 5) is 41.5. The summed E-state index contributed by atoms with van der Waals surface area (Å²) in [6, 6.07) is 8.53. The minimum Gasteiger partial charge on any atom is -0.530 e. The first-order valence-corrected chi connectivity index (χ1v) is 21.9. The fraction of sp³-hybridized carbons (Fsp3) is 0.675. The second-order valence-electron chi connectivity index (χ2n) is 18.6. The van der Waals surface area contributed by atoms with Crippen LogP contribution in [0.3, 0.4) is 0 Å². The smallest absolute Gasteiger partial charge is 0.410 e. The lowest BCUT2D eigenvalue weighted by Gasteiger charge is -2.47. The molecular weight excluding hydrogens is 676 g/mol. The molecule has 0 spiro atoms. The Kier molecular flexibility index (Phi) is 11.6. The molecule has 288 valence electrons. The summed E-state index contributed by atoms with van der Waals surface area (Å²) >= 11 is 0. The summed E-state index contributed by atoms with van der Waals surface area (Å²) in [7, 11) is -2.27. The number of carbonyl (C=O) groups excluding carboxylic acids is 2. The first-order chi connectivity index (χ1) is 24.0. The van der Waals surface area contributed by atoms with Crippen LogP contribution in [0.25, 0.3) is 0 Å². The van der Waals surface area contributed by atoms with Crippen molar-refractivity contribution in [1.29, 1.82) is 0 Å². The maximum Gasteiger partial charge on any atom is 0.410 e. The fourth-order valence-electron chi connectivity index (χ4n) is 7.30. The Morgan fingerprint density at radius 1 is 1.06 bits per heavy atom. The molecule has 2 aromatic rings. The van der Waals surface area contributed by atoms with Crippen LogP contribution < -0.4 is 15.1 Å². The Labute approximate surface area is 312 Å². The second-order valence-corrected chi connectivity index (χ2v) is 23.3. The maximum atomic E-state index is 14.6. The van der Waals surface area contributed by atoms with Gasteiger partial charge in [0.15, 0.2) is 0 Å². The number of carbonyl (C=O) groups is 2. The number of pyridine rings is 1. The number of piperazine rings is 1. The number of nitrogens with two attached hydrogens (primary N) is 1. The lowest BCUT2D eigenvalue weighted by Crippen LogP contribution is -2.64. The van der Waals surface area contributed by atoms with Crippen LogP contribution in [0.1, 0.15) is 92.0 Å². The largest absolute Gasteiger partial charge is 0.530 e. The van der Waals surface area contributed by atoms with Gasteiger partial charge < -0.3 is 29.6 Å². The predicted molar refractivity (Wildman–Crippen MR) is 208 cm³/mol. The molecule has 3 atom stereocenters. The Balaban J connectivity index is 1.46. The minimum atomic E-state index is -2.27. The number of fused-ring (bicyclic) bond motifs is 1. The number of likely N-dealkylation sites (tertiary alicyclic amines) is 1. The summed E-state index contributed by atoms with van der Waals surface area (Å²) < 4.78 is 26.6. The van der Waals surface area contributed by atoms with E-state index in [1.807, 2.05) is 37.5 Å². The van der Waals surface area contributed by atoms with Gasteiger partial charge in [0.05, 0.1) is 17.9 Å². The first kappa shape index (κ1) is 40.1. The quantitative estimate of drug-likeness (QED) is 0.304. The van der Waals surface area contributed by atoms with Crippen LogP contribution in [0.4, 0.5) is 14.9 Å². The molecule has 2 fully saturated rings. The zero-order chi connectivity index (χ0) is 38.4. The van der Waals surface area contributed by atoms with Crippen LogP contribution >= 0.6 is 0 Å². The van der Waals surface area contributed by atoms with Gasteiger partial charge in [-0.15, -0.1) is 0 Å². The van der Waals surface area contributed by atoms with Gasteiger partial charge in [0.25, 0.3) is 8.32 Å². The highest BCUT2D eigenvalue weighted by molar-refractivity contribution is 6.74. The lowest BCUT2D eigenvalue weighted by atomic mass is 9.91. The molecule has 4 heterocycles. The van der Waals surface area contributed by atoms with E-state index in [2.05, 4.69) is 63.6 Å². The van der Waals surface area contributed by atoms with E-state index in [4.69, 9.17) is 19.9 Å². The summed E-state index contributed by atoms with van der Waals surface area (Å²) in [5.74, 6) is 0.316. The molecule has 5 rings (SSSR count). The molecule has 1 aromatic carbocycles. The van der Waals surface area contributed by atoms with E-state index >= 15 is 0 Å². The van der Waals surface area contributed by atoms with Gasteiger partial charge in [-0.05, 0) is 89.0 Å². The van der Waals surface area contributed by atoms with Crippen LogP contribution in [-0.2, 0) is 21.4 Å². The van der Waals surface area contributed by atoms with Crippen molar-refractivity contribution in [2.75, 3.05) is 50.7 Å². The molecule has 12 heteroatoms. The van der Waals surface area contributed by atoms with Gasteiger partial charge in [-0.2, -0.15) is 0 Å². The van der Waals surface area contributed by atoms with Crippen molar-refractivity contribution in [3.05, 3.63) is 53.0 Å². The summed E-state index contributed by atoms with van der Waals surface area (Å²) in [6.07, 6.45) is 2.22. The van der Waals surface area contributed by atoms with Gasteiger partial charge in [0.2, 0.25) is 11.8 Å². The van der Waals surface area contributed by atoms with Crippen LogP contribution in [0.15, 0.2) is 30.3 Å². The molecule has 0 aliphatic carbocycles. The highest BCUT2D eigenvalue weighted by Crippen LogP contribution is 2.44. The van der Waals surface area contributed by atoms with E-state index in [0.29, 0.717) is 38.5 Å². The fourth-order valence-corrected chi connectivity index (χ4v) is 8.27. The molecule has 2 saturated heterocycles. The van der Waals surface area contributed by atoms with E-state index in [1.54, 1.807) is 12.1 Å². The average molecular weight is 739 g/mol. The number of piperidine rings is 1. The number of amides is 2. The third-order valence-corrected chi connectivity index (χ3v) is 15.5. The molecule has 1 aromatic heterocycles. The van der Waals surface area contributed by atoms with Crippen molar-refractivity contribution >= 4 is 26.0 Å². The normalized spacial score (nSPS) is 23.1. The van der Waals surface area contributed by atoms with Gasteiger partial charge in [-0.3, -0.25) is 9.69 Å². The Morgan fingerprint density at radius 2 is 1.73 bits per heavy atom. The minimum absolute atomic E-state index is 0.00214. The third-order valence-electron chi connectivity index (χ3n) is 11.2. The molecular formula is C40H63FN6O4Si. The van der Waals surface area contributed by atoms with Gasteiger partial charge in [0.1, 0.15) is 11.4 Å². The highest BCUT2D eigenvalue weighted by atomic mass is 28.4. The molecule has 2 N–H and O–H groups in total. The zero-order valence-electron chi connectivity index (χ0n) is 33.5. The molecule has 2 amide bonds. The molecule has 3 aliphatic heterocycles. The third kappa shape index (κ3) is 9.35. The van der Waals surface area contributed by atoms with Crippen molar-refractivity contribution in [3.8, 4) is 5.88 Å². The standard InChI is InChI=1S/C40H63FN6O4Si/c1-27-21-45(32(23-44-18-12-13-31(42)22-44)24-46(27)37(49)50-38(2,3)4)25-34(48)47-26-40(8,9)35-33(47)20-29(19-28-14-16-30(41)17-15-28)36(43-35)51-52(10,11)39(5,6)7/h14-17,20,27,31-32H,12-13,18-19,21-26,42H2,1-11H3/t27?,31-,32?/m0/s1. The number of benzene rings is 1. The average Bonchev–Trinajstić information content (AvgIpc) is 3.27. The number of anilines is 1. The molecule has 10 nitrogen and oxygen atoms in total. The van der Waals surface area contributed by atoms with E-state index < -0.39 is 19.3 Å². The van der Waals surface area contributed by atoms with E-state index in [1.165, 1.54) is 12.1 Å². The first-order valence-electron chi connectivity index (χ1n) is 19.0. The Morgan fingerprint density at radius 3 is 2.35 bits per heavy atom. The highest BCUT2D eigenvalue weighted by Gasteiger charge is 2.45. The maximum absolute atomic E-state index is 14.6. The van der Waals surface area contributed by atoms with E-state index in [0.717, 1.165) is 48.4 Å². The Bertz CT molecular complexity index is 1600. The van der Waals surface area contributed by atoms with Gasteiger partial charge in [0, 0.05) is 68.2 Å². The zero-order valence-corrected chi connectivity index (χ0v) is 34.5. The number of rotatable bonds is 8. The van der Waals surface area contributed by atoms with Crippen molar-refractivity contribution < 1.29 is 23.1 Å². The van der Waals surface area contributed by atoms with Crippen LogP contribution in [0.5, 0.6) is 5.88 Å². The van der Waals surface area contributed by atoms with Crippen LogP contribution in [0, 0.1) is 5.82 Å². The van der Waals surface area contributed by atoms with Gasteiger partial charge in [-0.25, -0.2) is 14.2 Å². The van der Waals surface area contributed by atoms with Crippen molar-refractivity contribution in [1.82, 2.24) is 19.7 Å². The molecule has 0 radical (unpaired) electrons. The molecule has 2 unspecified atom stereocenters. The molecule has 0 saturated carbocycles. The summed E-state index contributed by atoms with van der Waals surface area (Å²) in [5.41, 5.74) is 8.83. The SMILES string of the molecule is CC1CN(CC(=O)N2CC(C)(C)c3nc(O[Si](C)(C)C(C)(C)C)c(Cc4ccc(F)cc4)cc32)C(CN2CCC[C@H](N)C2)CN1C(=O)OC(C)(C)C. The number of ether oxygens (including phenoxy) is 1. The van der Waals surface area contributed by atoms with Crippen LogP contribution in [-0.4, -0.2) is 110 Å². The van der Waals surface area contributed by atoms with Crippen molar-refractivity contribution in [2.24, 2.45) is 5.73 Å². The second kappa shape index (κ2) is 15.0. The monoisotopic (exact) mass is 738 g/mol.